The Hall–Kier alpha value is -3.46. The van der Waals surface area contributed by atoms with Gasteiger partial charge in [-0.15, -0.1) is 0 Å². The lowest BCUT2D eigenvalue weighted by Gasteiger charge is -2.31. The van der Waals surface area contributed by atoms with Crippen LogP contribution in [0.1, 0.15) is 38.3 Å². The molecular weight excluding hydrogens is 437 g/mol. The van der Waals surface area contributed by atoms with Crippen LogP contribution in [-0.4, -0.2) is 46.9 Å². The van der Waals surface area contributed by atoms with Crippen molar-refractivity contribution >= 4 is 23.5 Å². The lowest BCUT2D eigenvalue weighted by molar-refractivity contribution is -0.142. The molecule has 0 spiro atoms. The van der Waals surface area contributed by atoms with Crippen LogP contribution in [0.15, 0.2) is 48.5 Å². The zero-order valence-electron chi connectivity index (χ0n) is 19.8. The molecule has 9 heteroatoms. The van der Waals surface area contributed by atoms with Crippen molar-refractivity contribution in [2.45, 2.75) is 46.4 Å². The van der Waals surface area contributed by atoms with Crippen molar-refractivity contribution in [1.29, 1.82) is 0 Å². The number of nitrogens with two attached hydrogens (primary N) is 1. The standard InChI is InChI=1S/C25H32FN5O3/c1-25(2,3)14-21(32)30-10-11-31(24(34)29-20-9-5-8-19(26)13-20)23(30)22(33)28-16-18-7-4-6-17(12-18)15-27/h4-9,12-13,23H,10-11,14-16,27H2,1-3H3,(H,28,33)(H,29,34). The van der Waals surface area contributed by atoms with Crippen LogP contribution < -0.4 is 16.4 Å². The number of hydrogen-bond acceptors (Lipinski definition) is 4. The van der Waals surface area contributed by atoms with Crippen molar-refractivity contribution in [3.05, 3.63) is 65.5 Å². The van der Waals surface area contributed by atoms with Crippen LogP contribution in [0.2, 0.25) is 0 Å². The third kappa shape index (κ3) is 6.54. The van der Waals surface area contributed by atoms with E-state index in [1.807, 2.05) is 45.0 Å². The Kier molecular flexibility index (Phi) is 7.88. The van der Waals surface area contributed by atoms with E-state index in [-0.39, 0.29) is 43.1 Å². The second kappa shape index (κ2) is 10.6. The third-order valence-electron chi connectivity index (χ3n) is 5.44. The number of benzene rings is 2. The van der Waals surface area contributed by atoms with Gasteiger partial charge in [-0.2, -0.15) is 0 Å². The maximum absolute atomic E-state index is 13.6. The van der Waals surface area contributed by atoms with Gasteiger partial charge >= 0.3 is 6.03 Å². The van der Waals surface area contributed by atoms with Gasteiger partial charge in [0, 0.05) is 38.3 Å². The number of carbonyl (C=O) groups is 3. The highest BCUT2D eigenvalue weighted by atomic mass is 19.1. The second-order valence-electron chi connectivity index (χ2n) is 9.57. The maximum Gasteiger partial charge on any atom is 0.323 e. The molecule has 3 rings (SSSR count). The first-order valence-electron chi connectivity index (χ1n) is 11.3. The summed E-state index contributed by atoms with van der Waals surface area (Å²) >= 11 is 0. The number of rotatable bonds is 6. The van der Waals surface area contributed by atoms with Crippen LogP contribution in [0.4, 0.5) is 14.9 Å². The van der Waals surface area contributed by atoms with Crippen LogP contribution in [-0.2, 0) is 22.7 Å². The number of anilines is 1. The third-order valence-corrected chi connectivity index (χ3v) is 5.44. The molecule has 1 atom stereocenters. The Bertz CT molecular complexity index is 1050. The van der Waals surface area contributed by atoms with Gasteiger partial charge in [0.25, 0.3) is 5.91 Å². The summed E-state index contributed by atoms with van der Waals surface area (Å²) in [4.78, 5) is 42.0. The maximum atomic E-state index is 13.6. The highest BCUT2D eigenvalue weighted by Gasteiger charge is 2.43. The Labute approximate surface area is 199 Å². The summed E-state index contributed by atoms with van der Waals surface area (Å²) < 4.78 is 13.6. The molecule has 0 saturated carbocycles. The topological polar surface area (TPSA) is 108 Å². The van der Waals surface area contributed by atoms with E-state index < -0.39 is 23.9 Å². The summed E-state index contributed by atoms with van der Waals surface area (Å²) in [6.07, 6.45) is -0.879. The summed E-state index contributed by atoms with van der Waals surface area (Å²) in [5, 5.41) is 5.46. The molecule has 1 aliphatic heterocycles. The van der Waals surface area contributed by atoms with Crippen molar-refractivity contribution in [1.82, 2.24) is 15.1 Å². The van der Waals surface area contributed by atoms with E-state index in [1.165, 1.54) is 28.0 Å². The summed E-state index contributed by atoms with van der Waals surface area (Å²) in [6.45, 7) is 6.83. The van der Waals surface area contributed by atoms with Gasteiger partial charge < -0.3 is 21.3 Å². The van der Waals surface area contributed by atoms with Gasteiger partial charge in [0.2, 0.25) is 5.91 Å². The first kappa shape index (κ1) is 25.2. The van der Waals surface area contributed by atoms with Crippen molar-refractivity contribution in [3.63, 3.8) is 0 Å². The lowest BCUT2D eigenvalue weighted by atomic mass is 9.91. The van der Waals surface area contributed by atoms with Crippen LogP contribution in [0.3, 0.4) is 0 Å². The quantitative estimate of drug-likeness (QED) is 0.604. The van der Waals surface area contributed by atoms with Gasteiger partial charge in [-0.3, -0.25) is 14.5 Å². The molecule has 4 N–H and O–H groups in total. The number of hydrogen-bond donors (Lipinski definition) is 3. The average Bonchev–Trinajstić information content (AvgIpc) is 3.22. The minimum absolute atomic E-state index is 0.178. The Morgan fingerprint density at radius 2 is 1.71 bits per heavy atom. The molecule has 1 unspecified atom stereocenters. The molecule has 1 aliphatic rings. The van der Waals surface area contributed by atoms with Crippen LogP contribution in [0.25, 0.3) is 0 Å². The van der Waals surface area contributed by atoms with E-state index in [1.54, 1.807) is 6.07 Å². The van der Waals surface area contributed by atoms with E-state index in [4.69, 9.17) is 5.73 Å². The highest BCUT2D eigenvalue weighted by molar-refractivity contribution is 5.96. The number of carbonyl (C=O) groups excluding carboxylic acids is 3. The molecule has 182 valence electrons. The van der Waals surface area contributed by atoms with Crippen LogP contribution >= 0.6 is 0 Å². The molecule has 0 aliphatic carbocycles. The van der Waals surface area contributed by atoms with Crippen molar-refractivity contribution in [2.75, 3.05) is 18.4 Å². The molecule has 0 bridgehead atoms. The molecule has 0 radical (unpaired) electrons. The predicted octanol–water partition coefficient (Wildman–Crippen LogP) is 3.04. The van der Waals surface area contributed by atoms with Crippen LogP contribution in [0.5, 0.6) is 0 Å². The Morgan fingerprint density at radius 3 is 2.38 bits per heavy atom. The fourth-order valence-corrected chi connectivity index (χ4v) is 3.85. The molecule has 4 amide bonds. The molecule has 0 aromatic heterocycles. The largest absolute Gasteiger partial charge is 0.349 e. The van der Waals surface area contributed by atoms with E-state index in [0.717, 1.165) is 11.1 Å². The van der Waals surface area contributed by atoms with Gasteiger partial charge in [0.05, 0.1) is 0 Å². The molecular formula is C25H32FN5O3. The second-order valence-corrected chi connectivity index (χ2v) is 9.57. The van der Waals surface area contributed by atoms with Crippen molar-refractivity contribution < 1.29 is 18.8 Å². The predicted molar refractivity (Wildman–Crippen MR) is 128 cm³/mol. The normalized spacial score (nSPS) is 15.9. The minimum atomic E-state index is -1.11. The first-order valence-corrected chi connectivity index (χ1v) is 11.3. The SMILES string of the molecule is CC(C)(C)CC(=O)N1CCN(C(=O)Nc2cccc(F)c2)C1C(=O)NCc1cccc(CN)c1. The van der Waals surface area contributed by atoms with Gasteiger partial charge in [-0.05, 0) is 34.7 Å². The van der Waals surface area contributed by atoms with E-state index in [2.05, 4.69) is 10.6 Å². The van der Waals surface area contributed by atoms with Gasteiger partial charge in [0.15, 0.2) is 6.17 Å². The van der Waals surface area contributed by atoms with E-state index in [0.29, 0.717) is 6.54 Å². The fourth-order valence-electron chi connectivity index (χ4n) is 3.85. The fraction of sp³-hybridized carbons (Fsp3) is 0.400. The minimum Gasteiger partial charge on any atom is -0.349 e. The zero-order chi connectivity index (χ0) is 24.9. The Morgan fingerprint density at radius 1 is 1.03 bits per heavy atom. The molecule has 34 heavy (non-hydrogen) atoms. The number of nitrogens with one attached hydrogen (secondary N) is 2. The van der Waals surface area contributed by atoms with Gasteiger partial charge in [0.1, 0.15) is 5.82 Å². The molecule has 1 saturated heterocycles. The molecule has 1 heterocycles. The molecule has 1 fully saturated rings. The summed E-state index contributed by atoms with van der Waals surface area (Å²) in [5.74, 6) is -1.17. The smallest absolute Gasteiger partial charge is 0.323 e. The van der Waals surface area contributed by atoms with E-state index >= 15 is 0 Å². The summed E-state index contributed by atoms with van der Waals surface area (Å²) in [6, 6.07) is 12.4. The van der Waals surface area contributed by atoms with Crippen LogP contribution in [0, 0.1) is 11.2 Å². The average molecular weight is 470 g/mol. The van der Waals surface area contributed by atoms with Gasteiger partial charge in [-0.25, -0.2) is 9.18 Å². The summed E-state index contributed by atoms with van der Waals surface area (Å²) in [7, 11) is 0. The monoisotopic (exact) mass is 469 g/mol. The molecule has 2 aromatic carbocycles. The first-order chi connectivity index (χ1) is 16.1. The number of amides is 4. The van der Waals surface area contributed by atoms with Crippen molar-refractivity contribution in [3.8, 4) is 0 Å². The van der Waals surface area contributed by atoms with E-state index in [9.17, 15) is 18.8 Å². The number of nitrogens with zero attached hydrogens (tertiary/aromatic N) is 2. The summed E-state index contributed by atoms with van der Waals surface area (Å²) in [5.41, 5.74) is 7.48. The molecule has 8 nitrogen and oxygen atoms in total. The highest BCUT2D eigenvalue weighted by Crippen LogP contribution is 2.24. The van der Waals surface area contributed by atoms with Crippen molar-refractivity contribution in [2.24, 2.45) is 11.1 Å². The Balaban J connectivity index is 1.79. The number of urea groups is 1. The zero-order valence-corrected chi connectivity index (χ0v) is 19.8. The van der Waals surface area contributed by atoms with Gasteiger partial charge in [-0.1, -0.05) is 51.1 Å². The lowest BCUT2D eigenvalue weighted by Crippen LogP contribution is -2.54. The number of halogens is 1. The molecule has 2 aromatic rings.